The number of carbonyl (C=O) groups excluding carboxylic acids is 1. The number of amides is 1. The Bertz CT molecular complexity index is 823. The number of benzene rings is 1. The molecule has 2 aromatic rings. The minimum Gasteiger partial charge on any atom is -0.321 e. The first kappa shape index (κ1) is 18.6. The van der Waals surface area contributed by atoms with Crippen LogP contribution >= 0.6 is 15.9 Å². The van der Waals surface area contributed by atoms with Gasteiger partial charge in [-0.3, -0.25) is 9.78 Å². The number of rotatable bonds is 6. The molecule has 1 heterocycles. The molecule has 0 aliphatic carbocycles. The molecule has 0 saturated heterocycles. The Hall–Kier alpha value is -1.77. The third kappa shape index (κ3) is 4.62. The molecule has 128 valence electrons. The highest BCUT2D eigenvalue weighted by atomic mass is 79.9. The summed E-state index contributed by atoms with van der Waals surface area (Å²) in [5.41, 5.74) is 0.950. The molecule has 0 saturated carbocycles. The summed E-state index contributed by atoms with van der Waals surface area (Å²) in [5.74, 6) is -0.333. The number of aromatic nitrogens is 1. The van der Waals surface area contributed by atoms with E-state index in [1.165, 1.54) is 24.3 Å². The van der Waals surface area contributed by atoms with Crippen LogP contribution in [0.5, 0.6) is 0 Å². The summed E-state index contributed by atoms with van der Waals surface area (Å²) in [6, 6.07) is 7.31. The molecular weight excluding hydrogens is 394 g/mol. The van der Waals surface area contributed by atoms with Crippen molar-refractivity contribution >= 4 is 37.5 Å². The minimum atomic E-state index is -3.58. The number of carbonyl (C=O) groups is 1. The lowest BCUT2D eigenvalue weighted by molar-refractivity contribution is 0.102. The van der Waals surface area contributed by atoms with Gasteiger partial charge in [0.15, 0.2) is 0 Å². The van der Waals surface area contributed by atoms with Gasteiger partial charge in [0.25, 0.3) is 5.91 Å². The van der Waals surface area contributed by atoms with Crippen molar-refractivity contribution in [2.45, 2.75) is 31.2 Å². The summed E-state index contributed by atoms with van der Waals surface area (Å²) in [4.78, 5) is 16.3. The van der Waals surface area contributed by atoms with Crippen molar-refractivity contribution in [3.63, 3.8) is 0 Å². The average molecular weight is 412 g/mol. The van der Waals surface area contributed by atoms with Crippen molar-refractivity contribution in [1.82, 2.24) is 9.71 Å². The molecule has 1 aromatic carbocycles. The topological polar surface area (TPSA) is 88.2 Å². The number of halogens is 1. The lowest BCUT2D eigenvalue weighted by Gasteiger charge is -2.12. The molecule has 0 aliphatic heterocycles. The van der Waals surface area contributed by atoms with Crippen LogP contribution in [0.3, 0.4) is 0 Å². The zero-order valence-electron chi connectivity index (χ0n) is 13.3. The molecule has 6 nitrogen and oxygen atoms in total. The summed E-state index contributed by atoms with van der Waals surface area (Å²) in [7, 11) is -3.58. The molecule has 2 rings (SSSR count). The van der Waals surface area contributed by atoms with Gasteiger partial charge in [0, 0.05) is 24.0 Å². The number of sulfonamides is 1. The standard InChI is InChI=1S/C16H18BrN3O3S/c1-3-11(2)20-24(22,23)13-6-4-12(5-7-13)16(21)19-15-8-9-18-10-14(15)17/h4-11,20H,3H2,1-2H3,(H,18,19,21). The molecule has 0 bridgehead atoms. The first-order valence-electron chi connectivity index (χ1n) is 7.36. The Labute approximate surface area is 149 Å². The first-order valence-corrected chi connectivity index (χ1v) is 9.64. The molecule has 1 amide bonds. The Kier molecular flexibility index (Phi) is 6.09. The molecule has 0 aliphatic rings. The number of nitrogens with zero attached hydrogens (tertiary/aromatic N) is 1. The van der Waals surface area contributed by atoms with Crippen LogP contribution in [-0.4, -0.2) is 25.4 Å². The van der Waals surface area contributed by atoms with Crippen LogP contribution in [0.1, 0.15) is 30.6 Å². The Morgan fingerprint density at radius 3 is 2.50 bits per heavy atom. The molecule has 1 unspecified atom stereocenters. The predicted molar refractivity (Wildman–Crippen MR) is 96.4 cm³/mol. The van der Waals surface area contributed by atoms with Crippen molar-refractivity contribution in [1.29, 1.82) is 0 Å². The van der Waals surface area contributed by atoms with E-state index in [-0.39, 0.29) is 16.8 Å². The van der Waals surface area contributed by atoms with Gasteiger partial charge in [-0.15, -0.1) is 0 Å². The van der Waals surface area contributed by atoms with E-state index in [0.29, 0.717) is 22.1 Å². The van der Waals surface area contributed by atoms with Crippen molar-refractivity contribution in [3.8, 4) is 0 Å². The fourth-order valence-electron chi connectivity index (χ4n) is 1.87. The fraction of sp³-hybridized carbons (Fsp3) is 0.250. The number of pyridine rings is 1. The fourth-order valence-corrected chi connectivity index (χ4v) is 3.55. The van der Waals surface area contributed by atoms with E-state index in [4.69, 9.17) is 0 Å². The molecular formula is C16H18BrN3O3S. The van der Waals surface area contributed by atoms with E-state index < -0.39 is 10.0 Å². The highest BCUT2D eigenvalue weighted by molar-refractivity contribution is 9.10. The van der Waals surface area contributed by atoms with E-state index in [9.17, 15) is 13.2 Å². The largest absolute Gasteiger partial charge is 0.321 e. The van der Waals surface area contributed by atoms with Crippen LogP contribution in [0.2, 0.25) is 0 Å². The van der Waals surface area contributed by atoms with Gasteiger partial charge in [0.2, 0.25) is 10.0 Å². The van der Waals surface area contributed by atoms with Gasteiger partial charge >= 0.3 is 0 Å². The molecule has 1 aromatic heterocycles. The lowest BCUT2D eigenvalue weighted by Crippen LogP contribution is -2.32. The van der Waals surface area contributed by atoms with E-state index in [2.05, 4.69) is 31.0 Å². The maximum absolute atomic E-state index is 12.2. The highest BCUT2D eigenvalue weighted by Crippen LogP contribution is 2.21. The zero-order chi connectivity index (χ0) is 17.7. The number of nitrogens with one attached hydrogen (secondary N) is 2. The molecule has 0 fully saturated rings. The third-order valence-electron chi connectivity index (χ3n) is 3.42. The van der Waals surface area contributed by atoms with Crippen LogP contribution < -0.4 is 10.0 Å². The van der Waals surface area contributed by atoms with Crippen LogP contribution in [0.15, 0.2) is 52.1 Å². The summed E-state index contributed by atoms with van der Waals surface area (Å²) in [6.07, 6.45) is 3.84. The quantitative estimate of drug-likeness (QED) is 0.763. The highest BCUT2D eigenvalue weighted by Gasteiger charge is 2.17. The van der Waals surface area contributed by atoms with Gasteiger partial charge in [-0.25, -0.2) is 13.1 Å². The maximum atomic E-state index is 12.2. The van der Waals surface area contributed by atoms with E-state index in [0.717, 1.165) is 0 Å². The van der Waals surface area contributed by atoms with Crippen LogP contribution in [-0.2, 0) is 10.0 Å². The van der Waals surface area contributed by atoms with E-state index in [1.807, 2.05) is 6.92 Å². The summed E-state index contributed by atoms with van der Waals surface area (Å²) < 4.78 is 27.6. The van der Waals surface area contributed by atoms with Gasteiger partial charge in [0.05, 0.1) is 15.1 Å². The van der Waals surface area contributed by atoms with Gasteiger partial charge < -0.3 is 5.32 Å². The van der Waals surface area contributed by atoms with Crippen LogP contribution in [0.25, 0.3) is 0 Å². The van der Waals surface area contributed by atoms with Crippen molar-refractivity contribution in [2.75, 3.05) is 5.32 Å². The van der Waals surface area contributed by atoms with Gasteiger partial charge in [0.1, 0.15) is 0 Å². The zero-order valence-corrected chi connectivity index (χ0v) is 15.7. The Morgan fingerprint density at radius 1 is 1.25 bits per heavy atom. The number of hydrogen-bond donors (Lipinski definition) is 2. The molecule has 8 heteroatoms. The second-order valence-electron chi connectivity index (χ2n) is 5.26. The van der Waals surface area contributed by atoms with Crippen molar-refractivity contribution < 1.29 is 13.2 Å². The Balaban J connectivity index is 2.14. The second kappa shape index (κ2) is 7.87. The molecule has 2 N–H and O–H groups in total. The monoisotopic (exact) mass is 411 g/mol. The smallest absolute Gasteiger partial charge is 0.255 e. The summed E-state index contributed by atoms with van der Waals surface area (Å²) in [6.45, 7) is 3.70. The SMILES string of the molecule is CCC(C)NS(=O)(=O)c1ccc(C(=O)Nc2ccncc2Br)cc1. The molecule has 24 heavy (non-hydrogen) atoms. The first-order chi connectivity index (χ1) is 11.3. The van der Waals surface area contributed by atoms with E-state index in [1.54, 1.807) is 25.4 Å². The van der Waals surface area contributed by atoms with Gasteiger partial charge in [-0.1, -0.05) is 6.92 Å². The minimum absolute atomic E-state index is 0.129. The van der Waals surface area contributed by atoms with Crippen molar-refractivity contribution in [2.24, 2.45) is 0 Å². The predicted octanol–water partition coefficient (Wildman–Crippen LogP) is 3.17. The van der Waals surface area contributed by atoms with Crippen LogP contribution in [0.4, 0.5) is 5.69 Å². The van der Waals surface area contributed by atoms with Crippen LogP contribution in [0, 0.1) is 0 Å². The van der Waals surface area contributed by atoms with Gasteiger partial charge in [-0.2, -0.15) is 0 Å². The third-order valence-corrected chi connectivity index (χ3v) is 5.65. The maximum Gasteiger partial charge on any atom is 0.255 e. The summed E-state index contributed by atoms with van der Waals surface area (Å²) in [5, 5.41) is 2.74. The normalized spacial score (nSPS) is 12.6. The van der Waals surface area contributed by atoms with Gasteiger partial charge in [-0.05, 0) is 59.6 Å². The van der Waals surface area contributed by atoms with Crippen molar-refractivity contribution in [3.05, 3.63) is 52.8 Å². The molecule has 0 spiro atoms. The Morgan fingerprint density at radius 2 is 1.92 bits per heavy atom. The molecule has 1 atom stereocenters. The second-order valence-corrected chi connectivity index (χ2v) is 7.83. The average Bonchev–Trinajstić information content (AvgIpc) is 2.56. The van der Waals surface area contributed by atoms with E-state index >= 15 is 0 Å². The lowest BCUT2D eigenvalue weighted by atomic mass is 10.2. The summed E-state index contributed by atoms with van der Waals surface area (Å²) >= 11 is 3.30. The number of anilines is 1. The number of hydrogen-bond acceptors (Lipinski definition) is 4. The molecule has 0 radical (unpaired) electrons.